The molecule has 1 N–H and O–H groups in total. The van der Waals surface area contributed by atoms with Crippen LogP contribution in [0.2, 0.25) is 0 Å². The summed E-state index contributed by atoms with van der Waals surface area (Å²) in [4.78, 5) is 19.9. The second-order valence-electron chi connectivity index (χ2n) is 3.75. The van der Waals surface area contributed by atoms with Gasteiger partial charge in [0.1, 0.15) is 16.4 Å². The maximum Gasteiger partial charge on any atom is 0.259 e. The van der Waals surface area contributed by atoms with Crippen LogP contribution in [-0.4, -0.2) is 17.1 Å². The third-order valence-electron chi connectivity index (χ3n) is 2.70. The number of nitrogens with zero attached hydrogens (tertiary/aromatic N) is 1. The molecule has 0 saturated heterocycles. The number of H-pyrrole nitrogens is 1. The molecule has 3 rings (SSSR count). The Morgan fingerprint density at radius 2 is 2.11 bits per heavy atom. The number of methoxy groups -OCH3 is 1. The highest BCUT2D eigenvalue weighted by Crippen LogP contribution is 2.27. The number of benzene rings is 1. The van der Waals surface area contributed by atoms with Crippen molar-refractivity contribution in [3.63, 3.8) is 0 Å². The molecule has 0 spiro atoms. The van der Waals surface area contributed by atoms with Gasteiger partial charge in [-0.25, -0.2) is 4.98 Å². The van der Waals surface area contributed by atoms with Gasteiger partial charge in [-0.3, -0.25) is 4.79 Å². The molecular formula is C13H10N2O2S. The highest BCUT2D eigenvalue weighted by atomic mass is 32.1. The van der Waals surface area contributed by atoms with Gasteiger partial charge in [-0.2, -0.15) is 0 Å². The first-order valence-electron chi connectivity index (χ1n) is 5.40. The summed E-state index contributed by atoms with van der Waals surface area (Å²) in [5, 5.41) is 2.48. The molecule has 2 aromatic heterocycles. The van der Waals surface area contributed by atoms with Gasteiger partial charge in [0.25, 0.3) is 5.56 Å². The molecule has 0 atom stereocenters. The number of hydrogen-bond acceptors (Lipinski definition) is 4. The van der Waals surface area contributed by atoms with E-state index in [0.29, 0.717) is 17.0 Å². The molecule has 0 radical (unpaired) electrons. The number of para-hydroxylation sites is 1. The summed E-state index contributed by atoms with van der Waals surface area (Å²) < 4.78 is 5.27. The Bertz CT molecular complexity index is 761. The first kappa shape index (κ1) is 11.0. The topological polar surface area (TPSA) is 55.0 Å². The van der Waals surface area contributed by atoms with Crippen LogP contribution in [0.5, 0.6) is 5.75 Å². The Balaban J connectivity index is 2.28. The summed E-state index contributed by atoms with van der Waals surface area (Å²) in [6.07, 6.45) is 0. The van der Waals surface area contributed by atoms with Gasteiger partial charge in [-0.15, -0.1) is 11.3 Å². The molecule has 18 heavy (non-hydrogen) atoms. The zero-order valence-electron chi connectivity index (χ0n) is 9.64. The standard InChI is InChI=1S/C13H10N2O2S/c1-17-10-5-3-2-4-8(10)11-14-12(16)9-6-7-18-13(9)15-11/h2-7H,1H3,(H,14,15,16). The van der Waals surface area contributed by atoms with Crippen LogP contribution in [-0.2, 0) is 0 Å². The van der Waals surface area contributed by atoms with Crippen molar-refractivity contribution in [1.82, 2.24) is 9.97 Å². The average Bonchev–Trinajstić information content (AvgIpc) is 2.87. The zero-order valence-corrected chi connectivity index (χ0v) is 10.5. The Hall–Kier alpha value is -2.14. The third kappa shape index (κ3) is 1.69. The first-order valence-corrected chi connectivity index (χ1v) is 6.28. The largest absolute Gasteiger partial charge is 0.496 e. The summed E-state index contributed by atoms with van der Waals surface area (Å²) in [5.41, 5.74) is 0.662. The molecule has 0 aliphatic heterocycles. The monoisotopic (exact) mass is 258 g/mol. The minimum absolute atomic E-state index is 0.123. The summed E-state index contributed by atoms with van der Waals surface area (Å²) in [5.74, 6) is 1.23. The minimum Gasteiger partial charge on any atom is -0.496 e. The Labute approximate surface area is 107 Å². The van der Waals surface area contributed by atoms with E-state index < -0.39 is 0 Å². The number of nitrogens with one attached hydrogen (secondary N) is 1. The molecule has 0 bridgehead atoms. The summed E-state index contributed by atoms with van der Waals surface area (Å²) in [6.45, 7) is 0. The molecule has 0 aliphatic carbocycles. The maximum atomic E-state index is 11.9. The van der Waals surface area contributed by atoms with Crippen molar-refractivity contribution in [2.24, 2.45) is 0 Å². The lowest BCUT2D eigenvalue weighted by Crippen LogP contribution is -2.08. The van der Waals surface area contributed by atoms with Gasteiger partial charge in [0.15, 0.2) is 0 Å². The smallest absolute Gasteiger partial charge is 0.259 e. The number of ether oxygens (including phenoxy) is 1. The zero-order chi connectivity index (χ0) is 12.5. The fourth-order valence-electron chi connectivity index (χ4n) is 1.83. The van der Waals surface area contributed by atoms with E-state index in [-0.39, 0.29) is 5.56 Å². The van der Waals surface area contributed by atoms with Gasteiger partial charge >= 0.3 is 0 Å². The molecule has 90 valence electrons. The molecule has 0 amide bonds. The lowest BCUT2D eigenvalue weighted by atomic mass is 10.2. The van der Waals surface area contributed by atoms with Crippen molar-refractivity contribution in [2.75, 3.05) is 7.11 Å². The molecule has 1 aromatic carbocycles. The lowest BCUT2D eigenvalue weighted by molar-refractivity contribution is 0.416. The van der Waals surface area contributed by atoms with E-state index in [1.807, 2.05) is 29.6 Å². The number of aromatic amines is 1. The number of hydrogen-bond donors (Lipinski definition) is 1. The summed E-state index contributed by atoms with van der Waals surface area (Å²) >= 11 is 1.45. The van der Waals surface area contributed by atoms with Gasteiger partial charge in [0.2, 0.25) is 0 Å². The molecule has 0 unspecified atom stereocenters. The van der Waals surface area contributed by atoms with Gasteiger partial charge in [0, 0.05) is 0 Å². The fraction of sp³-hybridized carbons (Fsp3) is 0.0769. The molecule has 5 heteroatoms. The van der Waals surface area contributed by atoms with Gasteiger partial charge < -0.3 is 9.72 Å². The molecule has 0 saturated carbocycles. The van der Waals surface area contributed by atoms with E-state index in [4.69, 9.17) is 4.74 Å². The number of aromatic nitrogens is 2. The number of fused-ring (bicyclic) bond motifs is 1. The van der Waals surface area contributed by atoms with E-state index in [2.05, 4.69) is 9.97 Å². The Morgan fingerprint density at radius 1 is 1.28 bits per heavy atom. The summed E-state index contributed by atoms with van der Waals surface area (Å²) in [7, 11) is 1.60. The van der Waals surface area contributed by atoms with E-state index >= 15 is 0 Å². The number of thiophene rings is 1. The molecule has 0 fully saturated rings. The molecule has 4 nitrogen and oxygen atoms in total. The van der Waals surface area contributed by atoms with Crippen molar-refractivity contribution < 1.29 is 4.74 Å². The average molecular weight is 258 g/mol. The Morgan fingerprint density at radius 3 is 2.94 bits per heavy atom. The normalized spacial score (nSPS) is 10.7. The lowest BCUT2D eigenvalue weighted by Gasteiger charge is -2.06. The number of rotatable bonds is 2. The third-order valence-corrected chi connectivity index (χ3v) is 3.50. The quantitative estimate of drug-likeness (QED) is 0.768. The predicted octanol–water partition coefficient (Wildman–Crippen LogP) is 2.66. The van der Waals surface area contributed by atoms with E-state index in [9.17, 15) is 4.79 Å². The van der Waals surface area contributed by atoms with Crippen LogP contribution in [0.15, 0.2) is 40.5 Å². The van der Waals surface area contributed by atoms with Crippen LogP contribution in [0, 0.1) is 0 Å². The summed E-state index contributed by atoms with van der Waals surface area (Å²) in [6, 6.07) is 9.25. The van der Waals surface area contributed by atoms with Crippen molar-refractivity contribution >= 4 is 21.6 Å². The van der Waals surface area contributed by atoms with Crippen LogP contribution in [0.3, 0.4) is 0 Å². The SMILES string of the molecule is COc1ccccc1-c1nc2sccc2c(=O)[nH]1. The fourth-order valence-corrected chi connectivity index (χ4v) is 2.60. The molecular weight excluding hydrogens is 248 g/mol. The van der Waals surface area contributed by atoms with Gasteiger partial charge in [-0.1, -0.05) is 12.1 Å². The first-order chi connectivity index (χ1) is 8.79. The minimum atomic E-state index is -0.123. The Kier molecular flexibility index (Phi) is 2.60. The van der Waals surface area contributed by atoms with Crippen LogP contribution in [0.4, 0.5) is 0 Å². The van der Waals surface area contributed by atoms with Gasteiger partial charge in [-0.05, 0) is 23.6 Å². The van der Waals surface area contributed by atoms with Crippen molar-refractivity contribution in [1.29, 1.82) is 0 Å². The van der Waals surface area contributed by atoms with Crippen LogP contribution < -0.4 is 10.3 Å². The highest BCUT2D eigenvalue weighted by molar-refractivity contribution is 7.16. The van der Waals surface area contributed by atoms with Crippen LogP contribution in [0.25, 0.3) is 21.6 Å². The van der Waals surface area contributed by atoms with E-state index in [1.165, 1.54) is 11.3 Å². The maximum absolute atomic E-state index is 11.9. The van der Waals surface area contributed by atoms with Crippen molar-refractivity contribution in [3.05, 3.63) is 46.1 Å². The van der Waals surface area contributed by atoms with Crippen LogP contribution >= 0.6 is 11.3 Å². The molecule has 3 aromatic rings. The van der Waals surface area contributed by atoms with E-state index in [0.717, 1.165) is 10.4 Å². The van der Waals surface area contributed by atoms with E-state index in [1.54, 1.807) is 13.2 Å². The molecule has 0 aliphatic rings. The van der Waals surface area contributed by atoms with Crippen molar-refractivity contribution in [2.45, 2.75) is 0 Å². The van der Waals surface area contributed by atoms with Gasteiger partial charge in [0.05, 0.1) is 18.1 Å². The second kappa shape index (κ2) is 4.27. The molecule has 2 heterocycles. The highest BCUT2D eigenvalue weighted by Gasteiger charge is 2.10. The van der Waals surface area contributed by atoms with Crippen LogP contribution in [0.1, 0.15) is 0 Å². The second-order valence-corrected chi connectivity index (χ2v) is 4.65. The predicted molar refractivity (Wildman–Crippen MR) is 72.2 cm³/mol. The van der Waals surface area contributed by atoms with Crippen molar-refractivity contribution in [3.8, 4) is 17.1 Å².